The van der Waals surface area contributed by atoms with Crippen LogP contribution in [0.4, 0.5) is 0 Å². The Hall–Kier alpha value is -4.94. The number of carbonyl (C=O) groups is 1. The molecule has 246 valence electrons. The number of hydrogen-bond donors (Lipinski definition) is 6. The molecular formula is C36H38N2O9. The zero-order chi connectivity index (χ0) is 33.7. The molecule has 0 aromatic heterocycles. The van der Waals surface area contributed by atoms with E-state index in [1.54, 1.807) is 36.4 Å². The van der Waals surface area contributed by atoms with E-state index in [0.29, 0.717) is 30.3 Å². The van der Waals surface area contributed by atoms with Gasteiger partial charge >= 0.3 is 5.97 Å². The lowest BCUT2D eigenvalue weighted by Gasteiger charge is -2.38. The molecule has 1 saturated heterocycles. The summed E-state index contributed by atoms with van der Waals surface area (Å²) in [6.45, 7) is 4.92. The second kappa shape index (κ2) is 14.2. The number of aliphatic hydroxyl groups excluding tert-OH is 3. The van der Waals surface area contributed by atoms with E-state index in [1.807, 2.05) is 60.7 Å². The summed E-state index contributed by atoms with van der Waals surface area (Å²) < 4.78 is 22.8. The number of carboxylic acids is 1. The van der Waals surface area contributed by atoms with Gasteiger partial charge in [-0.15, -0.1) is 0 Å². The molecule has 0 unspecified atom stereocenters. The Morgan fingerprint density at radius 1 is 0.766 bits per heavy atom. The minimum atomic E-state index is -1.79. The number of nitrogens with two attached hydrogens (primary N) is 1. The van der Waals surface area contributed by atoms with Gasteiger partial charge < -0.3 is 45.1 Å². The molecule has 5 rings (SSSR count). The van der Waals surface area contributed by atoms with Crippen LogP contribution in [0.2, 0.25) is 0 Å². The van der Waals surface area contributed by atoms with E-state index < -0.39 is 42.1 Å². The van der Waals surface area contributed by atoms with Crippen molar-refractivity contribution in [2.45, 2.75) is 63.2 Å². The predicted octanol–water partition coefficient (Wildman–Crippen LogP) is 3.73. The van der Waals surface area contributed by atoms with Crippen LogP contribution >= 0.6 is 0 Å². The number of ether oxygens (including phenoxy) is 4. The fraction of sp³-hybridized carbons (Fsp3) is 0.278. The van der Waals surface area contributed by atoms with Crippen molar-refractivity contribution in [3.05, 3.63) is 125 Å². The Balaban J connectivity index is 1.16. The molecule has 0 amide bonds. The van der Waals surface area contributed by atoms with Crippen molar-refractivity contribution in [1.29, 1.82) is 5.41 Å². The van der Waals surface area contributed by atoms with Crippen molar-refractivity contribution < 1.29 is 44.2 Å². The second-order valence-corrected chi connectivity index (χ2v) is 11.9. The van der Waals surface area contributed by atoms with E-state index in [4.69, 9.17) is 30.1 Å². The Kier molecular flexibility index (Phi) is 10.1. The minimum absolute atomic E-state index is 0.0138. The van der Waals surface area contributed by atoms with Gasteiger partial charge in [-0.3, -0.25) is 5.41 Å². The molecule has 1 aliphatic heterocycles. The molecule has 1 fully saturated rings. The van der Waals surface area contributed by atoms with Gasteiger partial charge in [0.25, 0.3) is 0 Å². The number of amidine groups is 1. The fourth-order valence-electron chi connectivity index (χ4n) is 5.24. The summed E-state index contributed by atoms with van der Waals surface area (Å²) >= 11 is 0. The highest BCUT2D eigenvalue weighted by Gasteiger charge is 2.48. The third-order valence-corrected chi connectivity index (χ3v) is 8.18. The van der Waals surface area contributed by atoms with E-state index >= 15 is 0 Å². The quantitative estimate of drug-likeness (QED) is 0.0983. The summed E-state index contributed by atoms with van der Waals surface area (Å²) in [6.07, 6.45) is -8.38. The summed E-state index contributed by atoms with van der Waals surface area (Å²) in [5.74, 6) is 0.245. The maximum Gasteiger partial charge on any atom is 0.335 e. The molecule has 0 aliphatic carbocycles. The molecule has 1 aliphatic rings. The lowest BCUT2D eigenvalue weighted by molar-refractivity contribution is -0.271. The molecule has 4 aromatic carbocycles. The third kappa shape index (κ3) is 7.90. The van der Waals surface area contributed by atoms with Crippen molar-refractivity contribution in [2.75, 3.05) is 0 Å². The van der Waals surface area contributed by atoms with Gasteiger partial charge in [-0.05, 0) is 76.9 Å². The van der Waals surface area contributed by atoms with Gasteiger partial charge in [-0.2, -0.15) is 0 Å². The first-order valence-electron chi connectivity index (χ1n) is 15.0. The predicted molar refractivity (Wildman–Crippen MR) is 173 cm³/mol. The Bertz CT molecular complexity index is 1670. The van der Waals surface area contributed by atoms with Gasteiger partial charge in [0.1, 0.15) is 54.6 Å². The molecular weight excluding hydrogens is 604 g/mol. The lowest BCUT2D eigenvalue weighted by atomic mass is 9.78. The topological polar surface area (TPSA) is 185 Å². The largest absolute Gasteiger partial charge is 0.489 e. The molecule has 7 N–H and O–H groups in total. The molecule has 0 saturated carbocycles. The van der Waals surface area contributed by atoms with Crippen LogP contribution in [0.1, 0.15) is 41.7 Å². The first kappa shape index (κ1) is 33.4. The Morgan fingerprint density at radius 3 is 1.74 bits per heavy atom. The van der Waals surface area contributed by atoms with Crippen LogP contribution < -0.4 is 19.9 Å². The molecule has 5 atom stereocenters. The normalized spacial score (nSPS) is 21.1. The summed E-state index contributed by atoms with van der Waals surface area (Å²) in [6, 6.07) is 30.0. The summed E-state index contributed by atoms with van der Waals surface area (Å²) in [5.41, 5.74) is 9.77. The number of aliphatic hydroxyl groups is 3. The van der Waals surface area contributed by atoms with Crippen LogP contribution in [-0.4, -0.2) is 62.9 Å². The number of hydrogen-bond acceptors (Lipinski definition) is 9. The molecule has 11 heteroatoms. The summed E-state index contributed by atoms with van der Waals surface area (Å²) in [7, 11) is 0. The van der Waals surface area contributed by atoms with Gasteiger partial charge in [0.05, 0.1) is 0 Å². The van der Waals surface area contributed by atoms with Gasteiger partial charge in [0.15, 0.2) is 6.10 Å². The minimum Gasteiger partial charge on any atom is -0.489 e. The number of nitrogen functional groups attached to an aromatic ring is 1. The maximum atomic E-state index is 11.4. The smallest absolute Gasteiger partial charge is 0.335 e. The summed E-state index contributed by atoms with van der Waals surface area (Å²) in [4.78, 5) is 11.4. The molecule has 0 bridgehead atoms. The Labute approximate surface area is 272 Å². The number of nitrogens with one attached hydrogen (secondary N) is 1. The van der Waals surface area contributed by atoms with E-state index in [2.05, 4.69) is 13.8 Å². The lowest BCUT2D eigenvalue weighted by Crippen LogP contribution is -2.61. The summed E-state index contributed by atoms with van der Waals surface area (Å²) in [5, 5.41) is 46.9. The van der Waals surface area contributed by atoms with E-state index in [9.17, 15) is 25.2 Å². The first-order valence-corrected chi connectivity index (χ1v) is 15.0. The van der Waals surface area contributed by atoms with Gasteiger partial charge in [0, 0.05) is 11.0 Å². The van der Waals surface area contributed by atoms with E-state index in [0.717, 1.165) is 28.0 Å². The van der Waals surface area contributed by atoms with Crippen LogP contribution in [0, 0.1) is 5.41 Å². The SMILES string of the molecule is CC(C)(c1ccc(OCc2cccc(COc3ccc(C(=N)N)cc3)c2)cc1)c1ccc(O[C@@H]2O[C@H](C(=O)O)[C@@H](O)[C@H](O)[C@H]2O)cc1. The second-order valence-electron chi connectivity index (χ2n) is 11.9. The Morgan fingerprint density at radius 2 is 1.26 bits per heavy atom. The highest BCUT2D eigenvalue weighted by molar-refractivity contribution is 5.94. The van der Waals surface area contributed by atoms with Gasteiger partial charge in [-0.25, -0.2) is 4.79 Å². The molecule has 11 nitrogen and oxygen atoms in total. The standard InChI is InChI=1S/C36H38N2O9/c1-36(2,25-10-16-28(17-11-25)46-35-31(41)29(39)30(40)32(47-35)34(42)43)24-8-14-27(15-9-24)45-20-22-5-3-4-21(18-22)19-44-26-12-6-23(7-13-26)33(37)38/h3-18,29-32,35,39-41H,19-20H2,1-2H3,(H3,37,38)(H,42,43)/t29-,30-,31+,32-,35+/m0/s1. The monoisotopic (exact) mass is 642 g/mol. The maximum absolute atomic E-state index is 11.4. The van der Waals surface area contributed by atoms with Crippen molar-refractivity contribution in [2.24, 2.45) is 5.73 Å². The van der Waals surface area contributed by atoms with Gasteiger partial charge in [-0.1, -0.05) is 56.3 Å². The average molecular weight is 643 g/mol. The van der Waals surface area contributed by atoms with Crippen LogP contribution in [0.15, 0.2) is 97.1 Å². The average Bonchev–Trinajstić information content (AvgIpc) is 3.07. The molecule has 47 heavy (non-hydrogen) atoms. The van der Waals surface area contributed by atoms with Crippen molar-refractivity contribution in [3.63, 3.8) is 0 Å². The van der Waals surface area contributed by atoms with Crippen LogP contribution in [-0.2, 0) is 28.2 Å². The molecule has 0 radical (unpaired) electrons. The number of rotatable bonds is 12. The molecule has 4 aromatic rings. The number of benzene rings is 4. The van der Waals surface area contributed by atoms with Gasteiger partial charge in [0.2, 0.25) is 6.29 Å². The van der Waals surface area contributed by atoms with Crippen molar-refractivity contribution in [1.82, 2.24) is 0 Å². The molecule has 0 spiro atoms. The van der Waals surface area contributed by atoms with Crippen molar-refractivity contribution >= 4 is 11.8 Å². The third-order valence-electron chi connectivity index (χ3n) is 8.18. The first-order chi connectivity index (χ1) is 22.4. The van der Waals surface area contributed by atoms with Crippen LogP contribution in [0.25, 0.3) is 0 Å². The number of aliphatic carboxylic acids is 1. The zero-order valence-electron chi connectivity index (χ0n) is 25.9. The highest BCUT2D eigenvalue weighted by Crippen LogP contribution is 2.34. The molecule has 1 heterocycles. The fourth-order valence-corrected chi connectivity index (χ4v) is 5.24. The highest BCUT2D eigenvalue weighted by atomic mass is 16.7. The van der Waals surface area contributed by atoms with Crippen molar-refractivity contribution in [3.8, 4) is 17.2 Å². The van der Waals surface area contributed by atoms with E-state index in [-0.39, 0.29) is 5.84 Å². The number of carboxylic acid groups (broad SMARTS) is 1. The zero-order valence-corrected chi connectivity index (χ0v) is 25.9. The van der Waals surface area contributed by atoms with Crippen LogP contribution in [0.5, 0.6) is 17.2 Å². The van der Waals surface area contributed by atoms with E-state index in [1.165, 1.54) is 0 Å². The van der Waals surface area contributed by atoms with Crippen LogP contribution in [0.3, 0.4) is 0 Å².